The van der Waals surface area contributed by atoms with E-state index in [2.05, 4.69) is 45.1 Å². The summed E-state index contributed by atoms with van der Waals surface area (Å²) >= 11 is 0. The predicted molar refractivity (Wildman–Crippen MR) is 265 cm³/mol. The van der Waals surface area contributed by atoms with Gasteiger partial charge in [0, 0.05) is 19.3 Å². The first kappa shape index (κ1) is 58.9. The molecule has 0 aliphatic carbocycles. The van der Waals surface area contributed by atoms with Gasteiger partial charge < -0.3 is 14.2 Å². The van der Waals surface area contributed by atoms with Gasteiger partial charge in [0.15, 0.2) is 6.10 Å². The van der Waals surface area contributed by atoms with Gasteiger partial charge in [-0.25, -0.2) is 0 Å². The summed E-state index contributed by atoms with van der Waals surface area (Å²) in [7, 11) is 0. The van der Waals surface area contributed by atoms with E-state index in [1.165, 1.54) is 135 Å². The molecular formula is C56H96O6. The molecule has 6 heteroatoms. The van der Waals surface area contributed by atoms with Crippen molar-refractivity contribution in [1.82, 2.24) is 0 Å². The second-order valence-corrected chi connectivity index (χ2v) is 17.2. The van der Waals surface area contributed by atoms with Crippen LogP contribution in [0.2, 0.25) is 0 Å². The molecule has 0 bridgehead atoms. The minimum atomic E-state index is -0.793. The lowest BCUT2D eigenvalue weighted by atomic mass is 10.0. The fourth-order valence-corrected chi connectivity index (χ4v) is 7.16. The summed E-state index contributed by atoms with van der Waals surface area (Å²) < 4.78 is 16.8. The number of allylic oxidation sites excluding steroid dienone is 12. The van der Waals surface area contributed by atoms with Crippen LogP contribution in [0.3, 0.4) is 0 Å². The Morgan fingerprint density at radius 3 is 1.06 bits per heavy atom. The van der Waals surface area contributed by atoms with Gasteiger partial charge in [-0.05, 0) is 64.2 Å². The second kappa shape index (κ2) is 50.5. The van der Waals surface area contributed by atoms with Crippen molar-refractivity contribution in [2.24, 2.45) is 0 Å². The summed E-state index contributed by atoms with van der Waals surface area (Å²) in [6.07, 6.45) is 63.1. The number of carbonyl (C=O) groups excluding carboxylic acids is 3. The Labute approximate surface area is 382 Å². The van der Waals surface area contributed by atoms with Crippen molar-refractivity contribution in [2.45, 2.75) is 252 Å². The zero-order chi connectivity index (χ0) is 45.1. The molecule has 0 aromatic heterocycles. The molecule has 0 N–H and O–H groups in total. The monoisotopic (exact) mass is 865 g/mol. The Morgan fingerprint density at radius 2 is 0.645 bits per heavy atom. The third-order valence-corrected chi connectivity index (χ3v) is 11.1. The van der Waals surface area contributed by atoms with Crippen LogP contribution in [-0.2, 0) is 28.6 Å². The highest BCUT2D eigenvalue weighted by molar-refractivity contribution is 5.71. The smallest absolute Gasteiger partial charge is 0.306 e. The summed E-state index contributed by atoms with van der Waals surface area (Å²) in [4.78, 5) is 38.0. The molecule has 0 spiro atoms. The van der Waals surface area contributed by atoms with Gasteiger partial charge in [-0.2, -0.15) is 0 Å². The number of unbranched alkanes of at least 4 members (excludes halogenated alkanes) is 27. The maximum absolute atomic E-state index is 12.8. The van der Waals surface area contributed by atoms with Crippen LogP contribution in [0.1, 0.15) is 245 Å². The van der Waals surface area contributed by atoms with Crippen LogP contribution in [0.15, 0.2) is 72.9 Å². The number of carbonyl (C=O) groups is 3. The van der Waals surface area contributed by atoms with E-state index in [0.29, 0.717) is 19.3 Å². The molecule has 0 saturated heterocycles. The fraction of sp³-hybridized carbons (Fsp3) is 0.732. The molecule has 0 heterocycles. The Morgan fingerprint density at radius 1 is 0.339 bits per heavy atom. The molecule has 1 atom stereocenters. The first-order valence-electron chi connectivity index (χ1n) is 26.0. The van der Waals surface area contributed by atoms with Crippen LogP contribution < -0.4 is 0 Å². The van der Waals surface area contributed by atoms with E-state index >= 15 is 0 Å². The normalized spacial score (nSPS) is 12.6. The predicted octanol–water partition coefficient (Wildman–Crippen LogP) is 17.0. The van der Waals surface area contributed by atoms with Crippen LogP contribution in [0.4, 0.5) is 0 Å². The molecule has 1 unspecified atom stereocenters. The minimum Gasteiger partial charge on any atom is -0.462 e. The van der Waals surface area contributed by atoms with Gasteiger partial charge in [-0.3, -0.25) is 14.4 Å². The van der Waals surface area contributed by atoms with Crippen molar-refractivity contribution in [3.05, 3.63) is 72.9 Å². The first-order chi connectivity index (χ1) is 30.5. The summed E-state index contributed by atoms with van der Waals surface area (Å²) in [5, 5.41) is 0. The SMILES string of the molecule is CC\C=C/C=C\C=C/C=C\C=C/CCCCCC(=O)OCC(COC(=O)CCCCCCCCCCCCCCCC)OC(=O)CCCCCCCCC/C=C\CCCCCC. The molecule has 0 radical (unpaired) electrons. The van der Waals surface area contributed by atoms with E-state index in [1.807, 2.05) is 48.6 Å². The van der Waals surface area contributed by atoms with Crippen molar-refractivity contribution in [1.29, 1.82) is 0 Å². The largest absolute Gasteiger partial charge is 0.462 e. The Kier molecular flexibility index (Phi) is 47.9. The quantitative estimate of drug-likeness (QED) is 0.0199. The number of ether oxygens (including phenoxy) is 3. The van der Waals surface area contributed by atoms with Crippen LogP contribution in [0.25, 0.3) is 0 Å². The van der Waals surface area contributed by atoms with Crippen molar-refractivity contribution in [3.63, 3.8) is 0 Å². The third-order valence-electron chi connectivity index (χ3n) is 11.1. The summed E-state index contributed by atoms with van der Waals surface area (Å²) in [6.45, 7) is 6.45. The van der Waals surface area contributed by atoms with E-state index in [9.17, 15) is 14.4 Å². The highest BCUT2D eigenvalue weighted by Crippen LogP contribution is 2.15. The van der Waals surface area contributed by atoms with Gasteiger partial charge in [0.2, 0.25) is 0 Å². The molecule has 0 aliphatic rings. The van der Waals surface area contributed by atoms with Gasteiger partial charge in [-0.15, -0.1) is 0 Å². The van der Waals surface area contributed by atoms with Gasteiger partial charge in [0.1, 0.15) is 13.2 Å². The van der Waals surface area contributed by atoms with Crippen molar-refractivity contribution >= 4 is 17.9 Å². The van der Waals surface area contributed by atoms with Crippen LogP contribution in [0, 0.1) is 0 Å². The summed E-state index contributed by atoms with van der Waals surface area (Å²) in [6, 6.07) is 0. The molecule has 0 aromatic rings. The van der Waals surface area contributed by atoms with Crippen molar-refractivity contribution in [3.8, 4) is 0 Å². The van der Waals surface area contributed by atoms with Crippen molar-refractivity contribution < 1.29 is 28.6 Å². The zero-order valence-electron chi connectivity index (χ0n) is 40.6. The zero-order valence-corrected chi connectivity index (χ0v) is 40.6. The topological polar surface area (TPSA) is 78.9 Å². The Hall–Kier alpha value is -3.15. The van der Waals surface area contributed by atoms with E-state index < -0.39 is 6.10 Å². The summed E-state index contributed by atoms with van der Waals surface area (Å²) in [5.74, 6) is -0.933. The van der Waals surface area contributed by atoms with Crippen LogP contribution in [-0.4, -0.2) is 37.2 Å². The molecule has 356 valence electrons. The average Bonchev–Trinajstić information content (AvgIpc) is 3.27. The van der Waals surface area contributed by atoms with E-state index in [4.69, 9.17) is 14.2 Å². The van der Waals surface area contributed by atoms with Gasteiger partial charge in [0.05, 0.1) is 0 Å². The van der Waals surface area contributed by atoms with E-state index in [1.54, 1.807) is 0 Å². The van der Waals surface area contributed by atoms with Gasteiger partial charge in [0.25, 0.3) is 0 Å². The highest BCUT2D eigenvalue weighted by atomic mass is 16.6. The molecule has 0 fully saturated rings. The molecule has 0 saturated carbocycles. The minimum absolute atomic E-state index is 0.0892. The fourth-order valence-electron chi connectivity index (χ4n) is 7.16. The van der Waals surface area contributed by atoms with Crippen molar-refractivity contribution in [2.75, 3.05) is 13.2 Å². The number of esters is 3. The van der Waals surface area contributed by atoms with E-state index in [-0.39, 0.29) is 31.1 Å². The molecule has 0 aliphatic heterocycles. The van der Waals surface area contributed by atoms with E-state index in [0.717, 1.165) is 70.6 Å². The molecule has 62 heavy (non-hydrogen) atoms. The lowest BCUT2D eigenvalue weighted by Gasteiger charge is -2.18. The van der Waals surface area contributed by atoms with Gasteiger partial charge >= 0.3 is 17.9 Å². The van der Waals surface area contributed by atoms with Gasteiger partial charge in [-0.1, -0.05) is 235 Å². The first-order valence-corrected chi connectivity index (χ1v) is 26.0. The second-order valence-electron chi connectivity index (χ2n) is 17.2. The third kappa shape index (κ3) is 47.9. The molecular weight excluding hydrogens is 769 g/mol. The molecule has 0 aromatic carbocycles. The average molecular weight is 865 g/mol. The molecule has 0 amide bonds. The van der Waals surface area contributed by atoms with Crippen LogP contribution >= 0.6 is 0 Å². The maximum atomic E-state index is 12.8. The highest BCUT2D eigenvalue weighted by Gasteiger charge is 2.19. The summed E-state index contributed by atoms with van der Waals surface area (Å²) in [5.41, 5.74) is 0. The molecule has 6 nitrogen and oxygen atoms in total. The Balaban J connectivity index is 4.45. The molecule has 0 rings (SSSR count). The number of hydrogen-bond donors (Lipinski definition) is 0. The maximum Gasteiger partial charge on any atom is 0.306 e. The van der Waals surface area contributed by atoms with Crippen LogP contribution in [0.5, 0.6) is 0 Å². The lowest BCUT2D eigenvalue weighted by Crippen LogP contribution is -2.30. The number of rotatable bonds is 46. The standard InChI is InChI=1S/C56H96O6/c1-4-7-10-13-16-19-22-25-28-31-34-37-40-43-46-49-55(58)61-52-53(51-60-54(57)48-45-42-39-36-33-30-27-24-21-18-15-12-9-6-3)62-56(59)50-47-44-41-38-35-32-29-26-23-20-17-14-11-8-5-2/h7,10,13,16,19-20,22-23,25,28,31,34,53H,4-6,8-9,11-12,14-15,17-18,21,24,26-27,29-30,32-33,35-52H2,1-3H3/b10-7-,16-13-,22-19-,23-20-,28-25-,34-31-. The lowest BCUT2D eigenvalue weighted by molar-refractivity contribution is -0.167. The Bertz CT molecular complexity index is 1180. The number of hydrogen-bond acceptors (Lipinski definition) is 6.